The van der Waals surface area contributed by atoms with Crippen molar-refractivity contribution in [3.63, 3.8) is 0 Å². The van der Waals surface area contributed by atoms with Gasteiger partial charge in [-0.15, -0.1) is 0 Å². The predicted molar refractivity (Wildman–Crippen MR) is 63.5 cm³/mol. The Morgan fingerprint density at radius 1 is 1.47 bits per heavy atom. The number of nitrogens with one attached hydrogen (secondary N) is 1. The molecule has 15 heavy (non-hydrogen) atoms. The maximum Gasteiger partial charge on any atom is 0.0779 e. The van der Waals surface area contributed by atoms with E-state index in [1.54, 1.807) is 7.11 Å². The van der Waals surface area contributed by atoms with Crippen molar-refractivity contribution in [3.05, 3.63) is 0 Å². The lowest BCUT2D eigenvalue weighted by Gasteiger charge is -2.13. The fraction of sp³-hybridized carbons (Fsp3) is 1.00. The second kappa shape index (κ2) is 9.27. The lowest BCUT2D eigenvalue weighted by atomic mass is 10.3. The van der Waals surface area contributed by atoms with E-state index in [0.717, 1.165) is 6.42 Å². The molecular weight excluding hydrogens is 214 g/mol. The molecule has 0 fully saturated rings. The summed E-state index contributed by atoms with van der Waals surface area (Å²) in [4.78, 5) is 0. The van der Waals surface area contributed by atoms with Gasteiger partial charge in [0.05, 0.1) is 11.9 Å². The van der Waals surface area contributed by atoms with Gasteiger partial charge in [0, 0.05) is 42.9 Å². The fourth-order valence-corrected chi connectivity index (χ4v) is 2.25. The normalized spacial score (nSPS) is 15.5. The van der Waals surface area contributed by atoms with Gasteiger partial charge in [-0.1, -0.05) is 13.8 Å². The van der Waals surface area contributed by atoms with Gasteiger partial charge in [0.2, 0.25) is 0 Å². The van der Waals surface area contributed by atoms with Crippen LogP contribution < -0.4 is 5.32 Å². The Balaban J connectivity index is 3.49. The number of hydrogen-bond acceptors (Lipinski definition) is 4. The highest BCUT2D eigenvalue weighted by Crippen LogP contribution is 1.93. The van der Waals surface area contributed by atoms with Crippen LogP contribution in [0, 0.1) is 0 Å². The predicted octanol–water partition coefficient (Wildman–Crippen LogP) is 0.131. The van der Waals surface area contributed by atoms with Crippen molar-refractivity contribution in [1.29, 1.82) is 0 Å². The number of hydrogen-bond donors (Lipinski definition) is 2. The first-order chi connectivity index (χ1) is 7.06. The van der Waals surface area contributed by atoms with Gasteiger partial charge in [-0.3, -0.25) is 4.21 Å². The Hall–Kier alpha value is 0.0300. The second-order valence-corrected chi connectivity index (χ2v) is 5.49. The summed E-state index contributed by atoms with van der Waals surface area (Å²) in [6.45, 7) is 5.17. The van der Waals surface area contributed by atoms with Crippen LogP contribution in [-0.4, -0.2) is 53.2 Å². The van der Waals surface area contributed by atoms with Crippen LogP contribution in [-0.2, 0) is 15.5 Å². The van der Waals surface area contributed by atoms with Gasteiger partial charge in [-0.2, -0.15) is 0 Å². The summed E-state index contributed by atoms with van der Waals surface area (Å²) in [6, 6.07) is 0.349. The lowest BCUT2D eigenvalue weighted by Crippen LogP contribution is -2.35. The number of rotatable bonds is 9. The van der Waals surface area contributed by atoms with Crippen molar-refractivity contribution in [1.82, 2.24) is 5.32 Å². The van der Waals surface area contributed by atoms with E-state index in [-0.39, 0.29) is 0 Å². The third-order valence-corrected chi connectivity index (χ3v) is 3.36. The molecule has 2 atom stereocenters. The fourth-order valence-electron chi connectivity index (χ4n) is 1.09. The van der Waals surface area contributed by atoms with E-state index in [1.165, 1.54) is 0 Å². The number of aliphatic hydroxyl groups excluding tert-OH is 1. The van der Waals surface area contributed by atoms with Gasteiger partial charge in [0.15, 0.2) is 0 Å². The van der Waals surface area contributed by atoms with E-state index in [4.69, 9.17) is 4.74 Å². The van der Waals surface area contributed by atoms with Crippen molar-refractivity contribution in [2.24, 2.45) is 0 Å². The number of ether oxygens (including phenoxy) is 1. The Morgan fingerprint density at radius 3 is 2.67 bits per heavy atom. The molecule has 0 aliphatic carbocycles. The zero-order valence-corrected chi connectivity index (χ0v) is 10.7. The molecule has 0 rings (SSSR count). The van der Waals surface area contributed by atoms with Crippen LogP contribution in [0.4, 0.5) is 0 Å². The van der Waals surface area contributed by atoms with Crippen molar-refractivity contribution >= 4 is 10.8 Å². The maximum absolute atomic E-state index is 11.4. The highest BCUT2D eigenvalue weighted by atomic mass is 32.2. The lowest BCUT2D eigenvalue weighted by molar-refractivity contribution is 0.190. The van der Waals surface area contributed by atoms with E-state index < -0.39 is 16.9 Å². The minimum atomic E-state index is -0.936. The van der Waals surface area contributed by atoms with E-state index >= 15 is 0 Å². The highest BCUT2D eigenvalue weighted by Gasteiger charge is 2.09. The summed E-state index contributed by atoms with van der Waals surface area (Å²) in [5.74, 6) is 0.954. The van der Waals surface area contributed by atoms with Gasteiger partial charge < -0.3 is 15.2 Å². The zero-order valence-electron chi connectivity index (χ0n) is 9.86. The Kier molecular flexibility index (Phi) is 9.29. The van der Waals surface area contributed by atoms with Crippen LogP contribution in [0.2, 0.25) is 0 Å². The SMILES string of the molecule is COCCCS(=O)CC(O)CNC(C)C. The van der Waals surface area contributed by atoms with Crippen molar-refractivity contribution < 1.29 is 14.1 Å². The molecular formula is C10H23NO3S. The minimum absolute atomic E-state index is 0.349. The molecule has 0 saturated heterocycles. The van der Waals surface area contributed by atoms with Crippen LogP contribution in [0.25, 0.3) is 0 Å². The first-order valence-electron chi connectivity index (χ1n) is 5.31. The molecule has 0 spiro atoms. The summed E-state index contributed by atoms with van der Waals surface area (Å²) in [7, 11) is 0.693. The highest BCUT2D eigenvalue weighted by molar-refractivity contribution is 7.85. The van der Waals surface area contributed by atoms with E-state index in [9.17, 15) is 9.32 Å². The van der Waals surface area contributed by atoms with E-state index in [1.807, 2.05) is 13.8 Å². The Bertz CT molecular complexity index is 176. The first kappa shape index (κ1) is 15.0. The van der Waals surface area contributed by atoms with Gasteiger partial charge >= 0.3 is 0 Å². The molecule has 0 radical (unpaired) electrons. The molecule has 0 bridgehead atoms. The topological polar surface area (TPSA) is 58.6 Å². The Labute approximate surface area is 94.9 Å². The average Bonchev–Trinajstić information content (AvgIpc) is 2.15. The third kappa shape index (κ3) is 10.3. The molecule has 0 aromatic rings. The summed E-state index contributed by atoms with van der Waals surface area (Å²) < 4.78 is 16.3. The molecule has 2 N–H and O–H groups in total. The van der Waals surface area contributed by atoms with Crippen LogP contribution >= 0.6 is 0 Å². The van der Waals surface area contributed by atoms with Crippen LogP contribution in [0.15, 0.2) is 0 Å². The van der Waals surface area contributed by atoms with Gasteiger partial charge in [0.25, 0.3) is 0 Å². The molecule has 5 heteroatoms. The second-order valence-electron chi connectivity index (χ2n) is 3.87. The standard InChI is InChI=1S/C10H23NO3S/c1-9(2)11-7-10(12)8-15(13)6-4-5-14-3/h9-12H,4-8H2,1-3H3. The molecule has 4 nitrogen and oxygen atoms in total. The molecule has 0 amide bonds. The molecule has 0 aliphatic rings. The summed E-state index contributed by atoms with van der Waals surface area (Å²) in [6.07, 6.45) is 0.267. The van der Waals surface area contributed by atoms with E-state index in [0.29, 0.717) is 30.7 Å². The Morgan fingerprint density at radius 2 is 2.13 bits per heavy atom. The smallest absolute Gasteiger partial charge is 0.0779 e. The van der Waals surface area contributed by atoms with E-state index in [2.05, 4.69) is 5.32 Å². The van der Waals surface area contributed by atoms with Crippen molar-refractivity contribution in [2.45, 2.75) is 32.4 Å². The monoisotopic (exact) mass is 237 g/mol. The van der Waals surface area contributed by atoms with Crippen LogP contribution in [0.1, 0.15) is 20.3 Å². The van der Waals surface area contributed by atoms with Crippen LogP contribution in [0.5, 0.6) is 0 Å². The maximum atomic E-state index is 11.4. The first-order valence-corrected chi connectivity index (χ1v) is 6.80. The summed E-state index contributed by atoms with van der Waals surface area (Å²) in [5, 5.41) is 12.6. The number of aliphatic hydroxyl groups is 1. The van der Waals surface area contributed by atoms with Gasteiger partial charge in [0.1, 0.15) is 0 Å². The van der Waals surface area contributed by atoms with Crippen molar-refractivity contribution in [2.75, 3.05) is 31.8 Å². The summed E-state index contributed by atoms with van der Waals surface area (Å²) >= 11 is 0. The average molecular weight is 237 g/mol. The van der Waals surface area contributed by atoms with Crippen LogP contribution in [0.3, 0.4) is 0 Å². The molecule has 0 aliphatic heterocycles. The number of methoxy groups -OCH3 is 1. The zero-order chi connectivity index (χ0) is 11.7. The molecule has 2 unspecified atom stereocenters. The molecule has 0 saturated carbocycles. The van der Waals surface area contributed by atoms with Gasteiger partial charge in [-0.25, -0.2) is 0 Å². The third-order valence-electron chi connectivity index (χ3n) is 1.86. The molecule has 92 valence electrons. The molecule has 0 heterocycles. The minimum Gasteiger partial charge on any atom is -0.391 e. The largest absolute Gasteiger partial charge is 0.391 e. The quantitative estimate of drug-likeness (QED) is 0.560. The molecule has 0 aromatic heterocycles. The van der Waals surface area contributed by atoms with Crippen molar-refractivity contribution in [3.8, 4) is 0 Å². The van der Waals surface area contributed by atoms with Gasteiger partial charge in [-0.05, 0) is 6.42 Å². The molecule has 0 aromatic carbocycles. The summed E-state index contributed by atoms with van der Waals surface area (Å²) in [5.41, 5.74) is 0.